The Kier molecular flexibility index (Phi) is 5.17. The highest BCUT2D eigenvalue weighted by Gasteiger charge is 2.30. The van der Waals surface area contributed by atoms with Crippen LogP contribution in [-0.2, 0) is 4.79 Å². The summed E-state index contributed by atoms with van der Waals surface area (Å²) >= 11 is 0. The minimum Gasteiger partial charge on any atom is -0.364 e. The summed E-state index contributed by atoms with van der Waals surface area (Å²) in [5, 5.41) is 6.23. The summed E-state index contributed by atoms with van der Waals surface area (Å²) in [6.07, 6.45) is 4.73. The number of amides is 1. The first-order valence-electron chi connectivity index (χ1n) is 7.36. The molecule has 2 rings (SSSR count). The van der Waals surface area contributed by atoms with Crippen LogP contribution in [-0.4, -0.2) is 25.5 Å². The SMILES string of the molecule is C=CCN(CC=C)c1ccc2c(c1)NC(=O)C2NCCC. The van der Waals surface area contributed by atoms with Crippen molar-refractivity contribution < 1.29 is 4.79 Å². The lowest BCUT2D eigenvalue weighted by Crippen LogP contribution is -2.27. The molecule has 4 nitrogen and oxygen atoms in total. The van der Waals surface area contributed by atoms with Gasteiger partial charge in [0.2, 0.25) is 5.91 Å². The number of benzene rings is 1. The first-order valence-corrected chi connectivity index (χ1v) is 7.36. The van der Waals surface area contributed by atoms with Gasteiger partial charge in [0.05, 0.1) is 0 Å². The van der Waals surface area contributed by atoms with Crippen molar-refractivity contribution in [3.05, 3.63) is 49.1 Å². The van der Waals surface area contributed by atoms with Crippen LogP contribution in [0.25, 0.3) is 0 Å². The number of carbonyl (C=O) groups is 1. The van der Waals surface area contributed by atoms with Gasteiger partial charge in [0.15, 0.2) is 0 Å². The van der Waals surface area contributed by atoms with E-state index in [0.29, 0.717) is 0 Å². The molecule has 0 aromatic heterocycles. The number of nitrogens with one attached hydrogen (secondary N) is 2. The quantitative estimate of drug-likeness (QED) is 0.722. The molecule has 0 bridgehead atoms. The van der Waals surface area contributed by atoms with E-state index in [9.17, 15) is 4.79 Å². The lowest BCUT2D eigenvalue weighted by molar-refractivity contribution is -0.117. The molecule has 0 radical (unpaired) electrons. The van der Waals surface area contributed by atoms with Gasteiger partial charge in [-0.2, -0.15) is 0 Å². The van der Waals surface area contributed by atoms with Crippen molar-refractivity contribution in [2.24, 2.45) is 0 Å². The molecule has 0 saturated heterocycles. The van der Waals surface area contributed by atoms with Gasteiger partial charge in [0.25, 0.3) is 0 Å². The zero-order valence-electron chi connectivity index (χ0n) is 12.6. The van der Waals surface area contributed by atoms with Crippen molar-refractivity contribution >= 4 is 17.3 Å². The fourth-order valence-electron chi connectivity index (χ4n) is 2.54. The van der Waals surface area contributed by atoms with Crippen LogP contribution < -0.4 is 15.5 Å². The summed E-state index contributed by atoms with van der Waals surface area (Å²) in [6, 6.07) is 5.86. The highest BCUT2D eigenvalue weighted by atomic mass is 16.2. The fourth-order valence-corrected chi connectivity index (χ4v) is 2.54. The van der Waals surface area contributed by atoms with Crippen molar-refractivity contribution in [3.8, 4) is 0 Å². The highest BCUT2D eigenvalue weighted by Crippen LogP contribution is 2.34. The molecule has 2 N–H and O–H groups in total. The summed E-state index contributed by atoms with van der Waals surface area (Å²) in [6.45, 7) is 12.0. The molecule has 21 heavy (non-hydrogen) atoms. The van der Waals surface area contributed by atoms with Gasteiger partial charge in [-0.1, -0.05) is 25.1 Å². The van der Waals surface area contributed by atoms with Crippen molar-refractivity contribution in [3.63, 3.8) is 0 Å². The van der Waals surface area contributed by atoms with Crippen LogP contribution in [0.15, 0.2) is 43.5 Å². The number of anilines is 2. The Morgan fingerprint density at radius 1 is 1.33 bits per heavy atom. The number of hydrogen-bond acceptors (Lipinski definition) is 3. The Bertz CT molecular complexity index is 529. The van der Waals surface area contributed by atoms with E-state index in [1.807, 2.05) is 30.4 Å². The third kappa shape index (κ3) is 3.34. The van der Waals surface area contributed by atoms with E-state index in [1.165, 1.54) is 0 Å². The Labute approximate surface area is 126 Å². The normalized spacial score (nSPS) is 16.2. The fraction of sp³-hybridized carbons (Fsp3) is 0.353. The molecule has 1 aromatic rings. The Morgan fingerprint density at radius 2 is 2.05 bits per heavy atom. The van der Waals surface area contributed by atoms with Gasteiger partial charge in [0.1, 0.15) is 6.04 Å². The first-order chi connectivity index (χ1) is 10.2. The third-order valence-corrected chi connectivity index (χ3v) is 3.53. The molecular weight excluding hydrogens is 262 g/mol. The summed E-state index contributed by atoms with van der Waals surface area (Å²) < 4.78 is 0. The van der Waals surface area contributed by atoms with E-state index in [2.05, 4.69) is 35.6 Å². The molecule has 1 heterocycles. The van der Waals surface area contributed by atoms with Crippen LogP contribution in [0.4, 0.5) is 11.4 Å². The summed E-state index contributed by atoms with van der Waals surface area (Å²) in [7, 11) is 0. The maximum atomic E-state index is 12.1. The van der Waals surface area contributed by atoms with Gasteiger partial charge in [-0.3, -0.25) is 4.79 Å². The molecular formula is C17H23N3O. The predicted molar refractivity (Wildman–Crippen MR) is 88.7 cm³/mol. The molecule has 112 valence electrons. The monoisotopic (exact) mass is 285 g/mol. The van der Waals surface area contributed by atoms with Crippen LogP contribution >= 0.6 is 0 Å². The summed E-state index contributed by atoms with van der Waals surface area (Å²) in [5.74, 6) is 0.0228. The van der Waals surface area contributed by atoms with Crippen LogP contribution in [0.1, 0.15) is 24.9 Å². The van der Waals surface area contributed by atoms with Gasteiger partial charge in [-0.05, 0) is 25.1 Å². The molecule has 0 fully saturated rings. The number of hydrogen-bond donors (Lipinski definition) is 2. The Balaban J connectivity index is 2.24. The van der Waals surface area contributed by atoms with E-state index >= 15 is 0 Å². The molecule has 1 aromatic carbocycles. The van der Waals surface area contributed by atoms with Crippen LogP contribution in [0, 0.1) is 0 Å². The maximum Gasteiger partial charge on any atom is 0.246 e. The van der Waals surface area contributed by atoms with Crippen molar-refractivity contribution in [2.45, 2.75) is 19.4 Å². The smallest absolute Gasteiger partial charge is 0.246 e. The van der Waals surface area contributed by atoms with Gasteiger partial charge in [0, 0.05) is 30.0 Å². The molecule has 0 spiro atoms. The number of carbonyl (C=O) groups excluding carboxylic acids is 1. The summed E-state index contributed by atoms with van der Waals surface area (Å²) in [4.78, 5) is 14.2. The second-order valence-electron chi connectivity index (χ2n) is 5.13. The topological polar surface area (TPSA) is 44.4 Å². The van der Waals surface area contributed by atoms with E-state index in [0.717, 1.165) is 43.0 Å². The average molecular weight is 285 g/mol. The molecule has 1 amide bonds. The number of rotatable bonds is 8. The zero-order valence-corrected chi connectivity index (χ0v) is 12.6. The molecule has 0 aliphatic carbocycles. The van der Waals surface area contributed by atoms with Crippen molar-refractivity contribution in [1.29, 1.82) is 0 Å². The minimum atomic E-state index is -0.235. The van der Waals surface area contributed by atoms with Crippen molar-refractivity contribution in [1.82, 2.24) is 5.32 Å². The second kappa shape index (κ2) is 7.09. The molecule has 1 aliphatic heterocycles. The van der Waals surface area contributed by atoms with Gasteiger partial charge < -0.3 is 15.5 Å². The molecule has 1 aliphatic rings. The van der Waals surface area contributed by atoms with E-state index in [4.69, 9.17) is 0 Å². The lowest BCUT2D eigenvalue weighted by Gasteiger charge is -2.22. The molecule has 0 saturated carbocycles. The van der Waals surface area contributed by atoms with E-state index in [1.54, 1.807) is 0 Å². The van der Waals surface area contributed by atoms with Gasteiger partial charge >= 0.3 is 0 Å². The largest absolute Gasteiger partial charge is 0.364 e. The number of nitrogens with zero attached hydrogens (tertiary/aromatic N) is 1. The van der Waals surface area contributed by atoms with E-state index in [-0.39, 0.29) is 11.9 Å². The van der Waals surface area contributed by atoms with Crippen LogP contribution in [0.3, 0.4) is 0 Å². The van der Waals surface area contributed by atoms with Crippen LogP contribution in [0.5, 0.6) is 0 Å². The van der Waals surface area contributed by atoms with Gasteiger partial charge in [-0.25, -0.2) is 0 Å². The van der Waals surface area contributed by atoms with Crippen LogP contribution in [0.2, 0.25) is 0 Å². The third-order valence-electron chi connectivity index (χ3n) is 3.53. The average Bonchev–Trinajstić information content (AvgIpc) is 2.79. The van der Waals surface area contributed by atoms with E-state index < -0.39 is 0 Å². The Morgan fingerprint density at radius 3 is 2.67 bits per heavy atom. The molecule has 4 heteroatoms. The lowest BCUT2D eigenvalue weighted by atomic mass is 10.1. The van der Waals surface area contributed by atoms with Gasteiger partial charge in [-0.15, -0.1) is 13.2 Å². The van der Waals surface area contributed by atoms with Crippen molar-refractivity contribution in [2.75, 3.05) is 29.9 Å². The highest BCUT2D eigenvalue weighted by molar-refractivity contribution is 6.03. The predicted octanol–water partition coefficient (Wildman–Crippen LogP) is 2.86. The zero-order chi connectivity index (χ0) is 15.2. The molecule has 1 unspecified atom stereocenters. The maximum absolute atomic E-state index is 12.1. The first kappa shape index (κ1) is 15.3. The minimum absolute atomic E-state index is 0.0228. The standard InChI is InChI=1S/C17H23N3O/c1-4-9-18-16-14-8-7-13(12-15(14)19-17(16)21)20(10-5-2)11-6-3/h5-8,12,16,18H,2-4,9-11H2,1H3,(H,19,21). The second-order valence-corrected chi connectivity index (χ2v) is 5.13. The Hall–Kier alpha value is -2.07. The summed E-state index contributed by atoms with van der Waals surface area (Å²) in [5.41, 5.74) is 2.98. The number of fused-ring (bicyclic) bond motifs is 1. The molecule has 1 atom stereocenters.